The molecule has 28 heavy (non-hydrogen) atoms. The minimum Gasteiger partial charge on any atom is -0.610 e. The van der Waals surface area contributed by atoms with Gasteiger partial charge in [-0.25, -0.2) is 15.0 Å². The first-order valence-corrected chi connectivity index (χ1v) is 10.6. The van der Waals surface area contributed by atoms with Gasteiger partial charge in [-0.2, -0.15) is 0 Å². The van der Waals surface area contributed by atoms with E-state index in [2.05, 4.69) is 26.9 Å². The highest BCUT2D eigenvalue weighted by atomic mass is 35.5. The van der Waals surface area contributed by atoms with E-state index in [1.165, 1.54) is 0 Å². The van der Waals surface area contributed by atoms with Crippen LogP contribution in [0, 0.1) is 0 Å². The van der Waals surface area contributed by atoms with Crippen LogP contribution >= 0.6 is 11.6 Å². The van der Waals surface area contributed by atoms with E-state index < -0.39 is 11.2 Å². The second-order valence-corrected chi connectivity index (χ2v) is 8.46. The van der Waals surface area contributed by atoms with Gasteiger partial charge < -0.3 is 9.87 Å². The Morgan fingerprint density at radius 3 is 2.57 bits per heavy atom. The third-order valence-electron chi connectivity index (χ3n) is 3.85. The highest BCUT2D eigenvalue weighted by Crippen LogP contribution is 2.21. The number of nitrogens with zero attached hydrogens (tertiary/aromatic N) is 4. The van der Waals surface area contributed by atoms with Crippen LogP contribution in [0.15, 0.2) is 56.3 Å². The van der Waals surface area contributed by atoms with Crippen molar-refractivity contribution in [3.05, 3.63) is 46.9 Å². The van der Waals surface area contributed by atoms with Crippen molar-refractivity contribution in [1.82, 2.24) is 15.2 Å². The summed E-state index contributed by atoms with van der Waals surface area (Å²) in [6.07, 6.45) is 3.20. The highest BCUT2D eigenvalue weighted by Gasteiger charge is 2.34. The zero-order valence-electron chi connectivity index (χ0n) is 16.6. The summed E-state index contributed by atoms with van der Waals surface area (Å²) < 4.78 is 11.4. The molecule has 1 atom stereocenters. The molecule has 0 radical (unpaired) electrons. The molecule has 0 bridgehead atoms. The highest BCUT2D eigenvalue weighted by molar-refractivity contribution is 7.90. The van der Waals surface area contributed by atoms with Gasteiger partial charge in [0.15, 0.2) is 11.7 Å². The third-order valence-corrected chi connectivity index (χ3v) is 4.77. The molecular weight excluding hydrogens is 398 g/mol. The summed E-state index contributed by atoms with van der Waals surface area (Å²) in [4.78, 5) is 27.4. The number of pyridine rings is 1. The zero-order valence-corrected chi connectivity index (χ0v) is 18.2. The molecule has 2 rings (SSSR count). The molecule has 1 aromatic heterocycles. The van der Waals surface area contributed by atoms with Crippen molar-refractivity contribution in [3.8, 4) is 0 Å². The van der Waals surface area contributed by atoms with Crippen LogP contribution in [0.2, 0.25) is 0 Å². The number of carbonyl (C=O) groups is 1. The van der Waals surface area contributed by atoms with Crippen molar-refractivity contribution in [1.29, 1.82) is 0 Å². The molecular formula is C19H24ClN5O2S. The molecule has 0 saturated heterocycles. The van der Waals surface area contributed by atoms with Gasteiger partial charge in [0.05, 0.1) is 0 Å². The minimum absolute atomic E-state index is 0.0817. The predicted molar refractivity (Wildman–Crippen MR) is 114 cm³/mol. The Morgan fingerprint density at radius 2 is 2.11 bits per heavy atom. The number of hydrogen-bond acceptors (Lipinski definition) is 6. The van der Waals surface area contributed by atoms with Gasteiger partial charge in [0, 0.05) is 36.0 Å². The summed E-state index contributed by atoms with van der Waals surface area (Å²) in [6, 6.07) is 3.37. The molecule has 7 nitrogen and oxygen atoms in total. The van der Waals surface area contributed by atoms with Crippen molar-refractivity contribution in [2.45, 2.75) is 45.3 Å². The lowest BCUT2D eigenvalue weighted by molar-refractivity contribution is -0.122. The number of amidine groups is 2. The SMILES string of the molecule is C=C(Cl)/N=C1\C(=C(C)C)N=C(NCc2ccc([S+](C)[O-])nc2)C(=O)N1C(C)C. The van der Waals surface area contributed by atoms with Crippen molar-refractivity contribution < 1.29 is 9.35 Å². The second kappa shape index (κ2) is 9.36. The van der Waals surface area contributed by atoms with Gasteiger partial charge >= 0.3 is 0 Å². The summed E-state index contributed by atoms with van der Waals surface area (Å²) >= 11 is 4.74. The predicted octanol–water partition coefficient (Wildman–Crippen LogP) is 2.96. The first kappa shape index (κ1) is 22.1. The van der Waals surface area contributed by atoms with Gasteiger partial charge in [-0.05, 0) is 44.9 Å². The number of amides is 1. The van der Waals surface area contributed by atoms with E-state index in [0.717, 1.165) is 11.1 Å². The van der Waals surface area contributed by atoms with Crippen molar-refractivity contribution in [3.63, 3.8) is 0 Å². The normalized spacial score (nSPS) is 17.1. The average molecular weight is 422 g/mol. The Labute approximate surface area is 173 Å². The molecule has 0 spiro atoms. The van der Waals surface area contributed by atoms with E-state index in [0.29, 0.717) is 23.1 Å². The summed E-state index contributed by atoms with van der Waals surface area (Å²) in [6.45, 7) is 11.5. The smallest absolute Gasteiger partial charge is 0.295 e. The molecule has 0 saturated carbocycles. The van der Waals surface area contributed by atoms with E-state index >= 15 is 0 Å². The van der Waals surface area contributed by atoms with Crippen LogP contribution in [0.5, 0.6) is 0 Å². The van der Waals surface area contributed by atoms with Gasteiger partial charge in [0.25, 0.3) is 5.91 Å². The van der Waals surface area contributed by atoms with Crippen LogP contribution in [-0.4, -0.2) is 44.3 Å². The first-order valence-electron chi connectivity index (χ1n) is 8.67. The van der Waals surface area contributed by atoms with Gasteiger partial charge in [0.1, 0.15) is 17.1 Å². The summed E-state index contributed by atoms with van der Waals surface area (Å²) in [7, 11) is 0. The Morgan fingerprint density at radius 1 is 1.43 bits per heavy atom. The number of carbonyl (C=O) groups excluding carboxylic acids is 1. The first-order chi connectivity index (χ1) is 13.1. The molecule has 1 aliphatic rings. The molecule has 2 heterocycles. The second-order valence-electron chi connectivity index (χ2n) is 6.70. The summed E-state index contributed by atoms with van der Waals surface area (Å²) in [5, 5.41) is 3.67. The standard InChI is InChI=1S/C19H24ClN5O2S/c1-11(2)16-18(23-13(5)20)25(12(3)4)19(26)17(24-16)22-10-14-7-8-15(21-9-14)28(6)27/h7-9,12H,5,10H2,1-4,6H3,(H,22,24)/b23-18+. The lowest BCUT2D eigenvalue weighted by Gasteiger charge is -2.32. The number of aliphatic imine (C=N–C) groups is 2. The quantitative estimate of drug-likeness (QED) is 0.584. The van der Waals surface area contributed by atoms with Crippen LogP contribution in [0.3, 0.4) is 0 Å². The van der Waals surface area contributed by atoms with Gasteiger partial charge in [-0.15, -0.1) is 0 Å². The average Bonchev–Trinajstić information content (AvgIpc) is 2.60. The van der Waals surface area contributed by atoms with Crippen molar-refractivity contribution in [2.75, 3.05) is 6.26 Å². The van der Waals surface area contributed by atoms with Crippen molar-refractivity contribution >= 4 is 40.4 Å². The Balaban J connectivity index is 2.34. The fourth-order valence-electron chi connectivity index (χ4n) is 2.56. The number of hydrogen-bond donors (Lipinski definition) is 1. The maximum atomic E-state index is 13.0. The largest absolute Gasteiger partial charge is 0.610 e. The lowest BCUT2D eigenvalue weighted by Crippen LogP contribution is -2.52. The fraction of sp³-hybridized carbons (Fsp3) is 0.368. The molecule has 1 aliphatic heterocycles. The van der Waals surface area contributed by atoms with Crippen LogP contribution in [0.4, 0.5) is 0 Å². The molecule has 1 unspecified atom stereocenters. The molecule has 1 amide bonds. The van der Waals surface area contributed by atoms with Crippen molar-refractivity contribution in [2.24, 2.45) is 9.98 Å². The van der Waals surface area contributed by atoms with E-state index in [-0.39, 0.29) is 22.9 Å². The van der Waals surface area contributed by atoms with Gasteiger partial charge in [-0.1, -0.05) is 18.2 Å². The van der Waals surface area contributed by atoms with E-state index in [4.69, 9.17) is 11.6 Å². The number of rotatable bonds is 5. The Hall–Kier alpha value is -2.16. The number of allylic oxidation sites excluding steroid dienone is 1. The molecule has 1 aromatic rings. The molecule has 0 aliphatic carbocycles. The molecule has 1 N–H and O–H groups in total. The summed E-state index contributed by atoms with van der Waals surface area (Å²) in [5.74, 6) is 0.310. The maximum absolute atomic E-state index is 13.0. The van der Waals surface area contributed by atoms with Crippen LogP contribution in [0.25, 0.3) is 0 Å². The zero-order chi connectivity index (χ0) is 21.0. The topological polar surface area (TPSA) is 93.0 Å². The monoisotopic (exact) mass is 421 g/mol. The Kier molecular flexibility index (Phi) is 7.40. The fourth-order valence-corrected chi connectivity index (χ4v) is 3.10. The van der Waals surface area contributed by atoms with E-state index in [1.54, 1.807) is 23.4 Å². The number of halogens is 1. The maximum Gasteiger partial charge on any atom is 0.295 e. The van der Waals surface area contributed by atoms with Gasteiger partial charge in [-0.3, -0.25) is 9.69 Å². The molecule has 0 fully saturated rings. The summed E-state index contributed by atoms with van der Waals surface area (Å²) in [5.41, 5.74) is 2.31. The van der Waals surface area contributed by atoms with Crippen LogP contribution in [-0.2, 0) is 22.5 Å². The van der Waals surface area contributed by atoms with Gasteiger partial charge in [0.2, 0.25) is 5.03 Å². The third kappa shape index (κ3) is 5.21. The Bertz CT molecular complexity index is 856. The molecule has 150 valence electrons. The lowest BCUT2D eigenvalue weighted by atomic mass is 10.1. The number of nitrogens with one attached hydrogen (secondary N) is 1. The van der Waals surface area contributed by atoms with E-state index in [9.17, 15) is 9.35 Å². The van der Waals surface area contributed by atoms with Crippen LogP contribution in [0.1, 0.15) is 33.3 Å². The molecule has 0 aromatic carbocycles. The number of aromatic nitrogens is 1. The molecule has 9 heteroatoms. The van der Waals surface area contributed by atoms with E-state index in [1.807, 2.05) is 33.8 Å². The minimum atomic E-state index is -1.13. The van der Waals surface area contributed by atoms with Crippen LogP contribution < -0.4 is 5.32 Å².